The lowest BCUT2D eigenvalue weighted by molar-refractivity contribution is -0.142. The van der Waals surface area contributed by atoms with Crippen molar-refractivity contribution in [2.45, 2.75) is 26.3 Å². The van der Waals surface area contributed by atoms with Gasteiger partial charge in [-0.3, -0.25) is 4.79 Å². The molecule has 1 heterocycles. The van der Waals surface area contributed by atoms with Gasteiger partial charge in [-0.15, -0.1) is 0 Å². The van der Waals surface area contributed by atoms with Gasteiger partial charge in [-0.2, -0.15) is 11.8 Å². The molecule has 0 bridgehead atoms. The van der Waals surface area contributed by atoms with Crippen LogP contribution >= 0.6 is 11.8 Å². The van der Waals surface area contributed by atoms with Crippen molar-refractivity contribution in [2.75, 3.05) is 18.1 Å². The number of fused-ring (bicyclic) bond motifs is 1. The van der Waals surface area contributed by atoms with Crippen LogP contribution in [-0.4, -0.2) is 41.1 Å². The Bertz CT molecular complexity index is 847. The van der Waals surface area contributed by atoms with E-state index in [1.807, 2.05) is 6.92 Å². The van der Waals surface area contributed by atoms with E-state index in [4.69, 9.17) is 9.15 Å². The van der Waals surface area contributed by atoms with Gasteiger partial charge in [0.1, 0.15) is 17.4 Å². The maximum absolute atomic E-state index is 12.0. The van der Waals surface area contributed by atoms with Crippen molar-refractivity contribution >= 4 is 34.6 Å². The van der Waals surface area contributed by atoms with Gasteiger partial charge in [0.15, 0.2) is 6.61 Å². The normalized spacial score (nSPS) is 11.9. The van der Waals surface area contributed by atoms with E-state index in [1.54, 1.807) is 30.8 Å². The van der Waals surface area contributed by atoms with E-state index in [1.165, 1.54) is 12.1 Å². The Morgan fingerprint density at radius 2 is 2.12 bits per heavy atom. The van der Waals surface area contributed by atoms with Crippen LogP contribution in [0.2, 0.25) is 0 Å². The highest BCUT2D eigenvalue weighted by Gasteiger charge is 2.19. The van der Waals surface area contributed by atoms with Crippen molar-refractivity contribution in [1.82, 2.24) is 5.32 Å². The monoisotopic (exact) mass is 379 g/mol. The summed E-state index contributed by atoms with van der Waals surface area (Å²) in [5.74, 6) is 0.302. The molecule has 1 amide bonds. The quantitative estimate of drug-likeness (QED) is 0.508. The average molecular weight is 379 g/mol. The zero-order chi connectivity index (χ0) is 19.1. The Balaban J connectivity index is 1.96. The molecule has 1 aromatic heterocycles. The van der Waals surface area contributed by atoms with Crippen molar-refractivity contribution < 1.29 is 23.8 Å². The van der Waals surface area contributed by atoms with Crippen LogP contribution in [0.15, 0.2) is 33.5 Å². The number of amides is 1. The summed E-state index contributed by atoms with van der Waals surface area (Å²) >= 11 is 1.61. The van der Waals surface area contributed by atoms with Crippen molar-refractivity contribution in [3.05, 3.63) is 40.2 Å². The Morgan fingerprint density at radius 3 is 2.81 bits per heavy atom. The molecule has 1 atom stereocenters. The molecule has 0 aliphatic carbocycles. The highest BCUT2D eigenvalue weighted by atomic mass is 32.2. The SMILES string of the molecule is CCSCCC(NC(=O)COc1ccc2c(C)cc(=O)oc2c1)C(=O)O. The van der Waals surface area contributed by atoms with Gasteiger partial charge in [0, 0.05) is 17.5 Å². The second-order valence-corrected chi connectivity index (χ2v) is 7.03. The molecule has 8 heteroatoms. The van der Waals surface area contributed by atoms with Crippen molar-refractivity contribution in [1.29, 1.82) is 0 Å². The van der Waals surface area contributed by atoms with Crippen LogP contribution in [0.4, 0.5) is 0 Å². The van der Waals surface area contributed by atoms with Gasteiger partial charge in [0.2, 0.25) is 0 Å². The van der Waals surface area contributed by atoms with Gasteiger partial charge in [0.05, 0.1) is 0 Å². The van der Waals surface area contributed by atoms with E-state index in [0.717, 1.165) is 16.7 Å². The standard InChI is InChI=1S/C18H21NO6S/c1-3-26-7-6-14(18(22)23)19-16(20)10-24-12-4-5-13-11(2)8-17(21)25-15(13)9-12/h4-5,8-9,14H,3,6-7,10H2,1-2H3,(H,19,20)(H,22,23). The van der Waals surface area contributed by atoms with Crippen LogP contribution < -0.4 is 15.7 Å². The number of thioether (sulfide) groups is 1. The molecule has 0 fully saturated rings. The molecule has 0 saturated heterocycles. The largest absolute Gasteiger partial charge is 0.484 e. The van der Waals surface area contributed by atoms with E-state index in [0.29, 0.717) is 23.5 Å². The molecule has 0 saturated carbocycles. The lowest BCUT2D eigenvalue weighted by Gasteiger charge is -2.14. The van der Waals surface area contributed by atoms with Crippen LogP contribution in [0.25, 0.3) is 11.0 Å². The summed E-state index contributed by atoms with van der Waals surface area (Å²) < 4.78 is 10.5. The molecular weight excluding hydrogens is 358 g/mol. The number of nitrogens with one attached hydrogen (secondary N) is 1. The summed E-state index contributed by atoms with van der Waals surface area (Å²) in [4.78, 5) is 34.6. The maximum Gasteiger partial charge on any atom is 0.336 e. The van der Waals surface area contributed by atoms with Gasteiger partial charge >= 0.3 is 11.6 Å². The van der Waals surface area contributed by atoms with Crippen LogP contribution in [0.1, 0.15) is 18.9 Å². The molecule has 0 aliphatic rings. The number of benzene rings is 1. The number of rotatable bonds is 9. The van der Waals surface area contributed by atoms with Gasteiger partial charge in [0.25, 0.3) is 5.91 Å². The summed E-state index contributed by atoms with van der Waals surface area (Å²) in [6.07, 6.45) is 0.347. The topological polar surface area (TPSA) is 106 Å². The smallest absolute Gasteiger partial charge is 0.336 e. The molecule has 0 radical (unpaired) electrons. The second-order valence-electron chi connectivity index (χ2n) is 5.64. The molecule has 0 aliphatic heterocycles. The average Bonchev–Trinajstić information content (AvgIpc) is 2.58. The predicted molar refractivity (Wildman–Crippen MR) is 99.9 cm³/mol. The molecule has 1 unspecified atom stereocenters. The molecular formula is C18H21NO6S. The highest BCUT2D eigenvalue weighted by Crippen LogP contribution is 2.22. The minimum absolute atomic E-state index is 0.327. The third-order valence-corrected chi connectivity index (χ3v) is 4.61. The first kappa shape index (κ1) is 19.8. The molecule has 0 spiro atoms. The summed E-state index contributed by atoms with van der Waals surface area (Å²) in [5.41, 5.74) is 0.696. The van der Waals surface area contributed by atoms with E-state index >= 15 is 0 Å². The first-order chi connectivity index (χ1) is 12.4. The van der Waals surface area contributed by atoms with Crippen LogP contribution in [-0.2, 0) is 9.59 Å². The molecule has 7 nitrogen and oxygen atoms in total. The summed E-state index contributed by atoms with van der Waals surface area (Å²) in [5, 5.41) is 12.4. The molecule has 2 aromatic rings. The number of ether oxygens (including phenoxy) is 1. The number of carbonyl (C=O) groups excluding carboxylic acids is 1. The minimum atomic E-state index is -1.07. The number of hydrogen-bond acceptors (Lipinski definition) is 6. The Labute approximate surface area is 154 Å². The number of aliphatic carboxylic acids is 1. The number of hydrogen-bond donors (Lipinski definition) is 2. The third-order valence-electron chi connectivity index (χ3n) is 3.68. The summed E-state index contributed by atoms with van der Waals surface area (Å²) in [7, 11) is 0. The molecule has 140 valence electrons. The predicted octanol–water partition coefficient (Wildman–Crippen LogP) is 2.19. The fourth-order valence-electron chi connectivity index (χ4n) is 2.38. The van der Waals surface area contributed by atoms with Crippen molar-refractivity contribution in [3.8, 4) is 5.75 Å². The van der Waals surface area contributed by atoms with Crippen LogP contribution in [0.3, 0.4) is 0 Å². The van der Waals surface area contributed by atoms with E-state index in [9.17, 15) is 19.5 Å². The molecule has 26 heavy (non-hydrogen) atoms. The summed E-state index contributed by atoms with van der Waals surface area (Å²) in [6.45, 7) is 3.46. The minimum Gasteiger partial charge on any atom is -0.484 e. The fraction of sp³-hybridized carbons (Fsp3) is 0.389. The zero-order valence-corrected chi connectivity index (χ0v) is 15.4. The Morgan fingerprint density at radius 1 is 1.35 bits per heavy atom. The Hall–Kier alpha value is -2.48. The second kappa shape index (κ2) is 9.28. The number of carboxylic acids is 1. The maximum atomic E-state index is 12.0. The molecule has 2 rings (SSSR count). The van der Waals surface area contributed by atoms with Gasteiger partial charge in [-0.05, 0) is 42.5 Å². The fourth-order valence-corrected chi connectivity index (χ4v) is 3.07. The lowest BCUT2D eigenvalue weighted by Crippen LogP contribution is -2.43. The van der Waals surface area contributed by atoms with E-state index in [2.05, 4.69) is 5.32 Å². The van der Waals surface area contributed by atoms with Crippen molar-refractivity contribution in [3.63, 3.8) is 0 Å². The van der Waals surface area contributed by atoms with Gasteiger partial charge in [-0.25, -0.2) is 9.59 Å². The lowest BCUT2D eigenvalue weighted by atomic mass is 10.1. The molecule has 1 aromatic carbocycles. The van der Waals surface area contributed by atoms with E-state index in [-0.39, 0.29) is 6.61 Å². The van der Waals surface area contributed by atoms with Gasteiger partial charge < -0.3 is 19.6 Å². The van der Waals surface area contributed by atoms with Crippen LogP contribution in [0, 0.1) is 6.92 Å². The third kappa shape index (κ3) is 5.52. The first-order valence-corrected chi connectivity index (χ1v) is 9.33. The number of carboxylic acid groups (broad SMARTS) is 1. The summed E-state index contributed by atoms with van der Waals surface area (Å²) in [6, 6.07) is 5.39. The zero-order valence-electron chi connectivity index (χ0n) is 14.6. The Kier molecular flexibility index (Phi) is 7.08. The number of aryl methyl sites for hydroxylation is 1. The van der Waals surface area contributed by atoms with Crippen molar-refractivity contribution in [2.24, 2.45) is 0 Å². The number of carbonyl (C=O) groups is 2. The highest BCUT2D eigenvalue weighted by molar-refractivity contribution is 7.99. The van der Waals surface area contributed by atoms with Gasteiger partial charge in [-0.1, -0.05) is 6.92 Å². The molecule has 2 N–H and O–H groups in total. The van der Waals surface area contributed by atoms with E-state index < -0.39 is 23.5 Å². The van der Waals surface area contributed by atoms with Crippen LogP contribution in [0.5, 0.6) is 5.75 Å². The first-order valence-electron chi connectivity index (χ1n) is 8.18.